The standard InChI is InChI=1S/C10H12O5/c1-3-6-14-10(12)15-8-5-7-13-9(11)4-2/h3-5,8H,1-2,6-7H2. The first-order valence-electron chi connectivity index (χ1n) is 4.09. The van der Waals surface area contributed by atoms with Gasteiger partial charge in [0.25, 0.3) is 0 Å². The van der Waals surface area contributed by atoms with Crippen molar-refractivity contribution >= 4 is 12.1 Å². The summed E-state index contributed by atoms with van der Waals surface area (Å²) in [5.41, 5.74) is 0. The Hall–Kier alpha value is -2.04. The van der Waals surface area contributed by atoms with Gasteiger partial charge in [-0.25, -0.2) is 9.59 Å². The second kappa shape index (κ2) is 8.55. The van der Waals surface area contributed by atoms with E-state index in [0.717, 1.165) is 12.3 Å². The lowest BCUT2D eigenvalue weighted by Gasteiger charge is -1.98. The molecule has 0 heterocycles. The van der Waals surface area contributed by atoms with E-state index in [1.807, 2.05) is 0 Å². The van der Waals surface area contributed by atoms with Crippen LogP contribution in [0.25, 0.3) is 0 Å². The molecule has 0 N–H and O–H groups in total. The first-order chi connectivity index (χ1) is 7.20. The van der Waals surface area contributed by atoms with E-state index in [-0.39, 0.29) is 13.2 Å². The highest BCUT2D eigenvalue weighted by Crippen LogP contribution is 1.88. The average molecular weight is 212 g/mol. The van der Waals surface area contributed by atoms with Gasteiger partial charge in [0.05, 0.1) is 6.26 Å². The second-order valence-corrected chi connectivity index (χ2v) is 2.17. The third kappa shape index (κ3) is 8.29. The maximum Gasteiger partial charge on any atom is 0.513 e. The van der Waals surface area contributed by atoms with Crippen molar-refractivity contribution < 1.29 is 23.8 Å². The fourth-order valence-electron chi connectivity index (χ4n) is 0.493. The molecule has 0 amide bonds. The number of carbonyl (C=O) groups excluding carboxylic acids is 2. The average Bonchev–Trinajstić information content (AvgIpc) is 2.25. The van der Waals surface area contributed by atoms with E-state index in [0.29, 0.717) is 0 Å². The van der Waals surface area contributed by atoms with Crippen LogP contribution in [-0.4, -0.2) is 25.3 Å². The van der Waals surface area contributed by atoms with Gasteiger partial charge in [-0.15, -0.1) is 0 Å². The van der Waals surface area contributed by atoms with Crippen molar-refractivity contribution in [1.82, 2.24) is 0 Å². The predicted molar refractivity (Wildman–Crippen MR) is 52.9 cm³/mol. The molecule has 0 radical (unpaired) electrons. The summed E-state index contributed by atoms with van der Waals surface area (Å²) in [5.74, 6) is -0.547. The van der Waals surface area contributed by atoms with Crippen LogP contribution in [-0.2, 0) is 19.0 Å². The first kappa shape index (κ1) is 13.0. The van der Waals surface area contributed by atoms with Gasteiger partial charge in [0.2, 0.25) is 0 Å². The lowest BCUT2D eigenvalue weighted by Crippen LogP contribution is -2.04. The van der Waals surface area contributed by atoms with Gasteiger partial charge in [-0.2, -0.15) is 0 Å². The highest BCUT2D eigenvalue weighted by Gasteiger charge is 1.98. The topological polar surface area (TPSA) is 61.8 Å². The van der Waals surface area contributed by atoms with Gasteiger partial charge in [-0.1, -0.05) is 19.2 Å². The summed E-state index contributed by atoms with van der Waals surface area (Å²) in [6.45, 7) is 6.64. The Morgan fingerprint density at radius 1 is 1.13 bits per heavy atom. The number of hydrogen-bond acceptors (Lipinski definition) is 5. The zero-order valence-electron chi connectivity index (χ0n) is 8.18. The van der Waals surface area contributed by atoms with E-state index < -0.39 is 12.1 Å². The van der Waals surface area contributed by atoms with Crippen LogP contribution in [0, 0.1) is 0 Å². The molecular weight excluding hydrogens is 200 g/mol. The molecule has 0 aromatic carbocycles. The van der Waals surface area contributed by atoms with Crippen LogP contribution in [0.2, 0.25) is 0 Å². The van der Waals surface area contributed by atoms with Gasteiger partial charge in [-0.05, 0) is 6.08 Å². The van der Waals surface area contributed by atoms with Crippen molar-refractivity contribution in [2.24, 2.45) is 0 Å². The van der Waals surface area contributed by atoms with Gasteiger partial charge < -0.3 is 14.2 Å². The zero-order chi connectivity index (χ0) is 11.5. The lowest BCUT2D eigenvalue weighted by atomic mass is 10.6. The zero-order valence-corrected chi connectivity index (χ0v) is 8.18. The van der Waals surface area contributed by atoms with Crippen LogP contribution < -0.4 is 0 Å². The summed E-state index contributed by atoms with van der Waals surface area (Å²) >= 11 is 0. The van der Waals surface area contributed by atoms with E-state index in [2.05, 4.69) is 27.4 Å². The maximum absolute atomic E-state index is 10.7. The van der Waals surface area contributed by atoms with Crippen LogP contribution in [0.1, 0.15) is 0 Å². The largest absolute Gasteiger partial charge is 0.513 e. The highest BCUT2D eigenvalue weighted by molar-refractivity contribution is 5.81. The Labute approximate surface area is 87.6 Å². The maximum atomic E-state index is 10.7. The van der Waals surface area contributed by atoms with Crippen LogP contribution in [0.3, 0.4) is 0 Å². The SMILES string of the molecule is C=CCOC(=O)OC=CCOC(=O)C=C. The molecule has 0 fully saturated rings. The Morgan fingerprint density at radius 2 is 1.87 bits per heavy atom. The summed E-state index contributed by atoms with van der Waals surface area (Å²) < 4.78 is 13.5. The van der Waals surface area contributed by atoms with Crippen molar-refractivity contribution in [3.8, 4) is 0 Å². The number of rotatable bonds is 6. The van der Waals surface area contributed by atoms with Crippen molar-refractivity contribution in [3.05, 3.63) is 37.6 Å². The monoisotopic (exact) mass is 212 g/mol. The summed E-state index contributed by atoms with van der Waals surface area (Å²) in [5, 5.41) is 0. The molecule has 0 aliphatic rings. The molecule has 0 unspecified atom stereocenters. The van der Waals surface area contributed by atoms with Crippen LogP contribution in [0.5, 0.6) is 0 Å². The van der Waals surface area contributed by atoms with Crippen molar-refractivity contribution in [1.29, 1.82) is 0 Å². The quantitative estimate of drug-likeness (QED) is 0.289. The van der Waals surface area contributed by atoms with Crippen LogP contribution in [0.15, 0.2) is 37.6 Å². The summed E-state index contributed by atoms with van der Waals surface area (Å²) in [7, 11) is 0. The predicted octanol–water partition coefficient (Wildman–Crippen LogP) is 1.57. The van der Waals surface area contributed by atoms with E-state index >= 15 is 0 Å². The van der Waals surface area contributed by atoms with E-state index in [4.69, 9.17) is 0 Å². The van der Waals surface area contributed by atoms with E-state index in [9.17, 15) is 9.59 Å². The van der Waals surface area contributed by atoms with Crippen LogP contribution in [0.4, 0.5) is 4.79 Å². The molecule has 0 bridgehead atoms. The van der Waals surface area contributed by atoms with Gasteiger partial charge in [-0.3, -0.25) is 0 Å². The van der Waals surface area contributed by atoms with E-state index in [1.165, 1.54) is 12.2 Å². The Kier molecular flexibility index (Phi) is 7.39. The van der Waals surface area contributed by atoms with Gasteiger partial charge in [0.15, 0.2) is 0 Å². The Bertz CT molecular complexity index is 267. The van der Waals surface area contributed by atoms with Gasteiger partial charge in [0.1, 0.15) is 13.2 Å². The minimum absolute atomic E-state index is 0.000405. The number of hydrogen-bond donors (Lipinski definition) is 0. The molecule has 0 aliphatic carbocycles. The third-order valence-corrected chi connectivity index (χ3v) is 1.07. The van der Waals surface area contributed by atoms with Gasteiger partial charge in [0, 0.05) is 6.08 Å². The fourth-order valence-corrected chi connectivity index (χ4v) is 0.493. The summed E-state index contributed by atoms with van der Waals surface area (Å²) in [6.07, 6.45) is 4.02. The minimum Gasteiger partial charge on any atom is -0.458 e. The molecule has 0 aromatic heterocycles. The molecule has 0 aliphatic heterocycles. The smallest absolute Gasteiger partial charge is 0.458 e. The Morgan fingerprint density at radius 3 is 2.47 bits per heavy atom. The van der Waals surface area contributed by atoms with Crippen molar-refractivity contribution in [2.45, 2.75) is 0 Å². The molecule has 0 rings (SSSR count). The molecule has 15 heavy (non-hydrogen) atoms. The molecule has 0 saturated carbocycles. The molecule has 82 valence electrons. The number of ether oxygens (including phenoxy) is 3. The second-order valence-electron chi connectivity index (χ2n) is 2.17. The first-order valence-corrected chi connectivity index (χ1v) is 4.09. The highest BCUT2D eigenvalue weighted by atomic mass is 16.7. The number of esters is 1. The molecule has 0 spiro atoms. The lowest BCUT2D eigenvalue weighted by molar-refractivity contribution is -0.136. The molecule has 0 aromatic rings. The number of carbonyl (C=O) groups is 2. The van der Waals surface area contributed by atoms with Crippen molar-refractivity contribution in [2.75, 3.05) is 13.2 Å². The van der Waals surface area contributed by atoms with Crippen molar-refractivity contribution in [3.63, 3.8) is 0 Å². The molecule has 0 saturated heterocycles. The third-order valence-electron chi connectivity index (χ3n) is 1.07. The minimum atomic E-state index is -0.846. The Balaban J connectivity index is 3.53. The molecular formula is C10H12O5. The molecule has 0 atom stereocenters. The normalized spacial score (nSPS) is 9.33. The molecule has 5 heteroatoms. The molecule has 5 nitrogen and oxygen atoms in total. The van der Waals surface area contributed by atoms with E-state index in [1.54, 1.807) is 0 Å². The fraction of sp³-hybridized carbons (Fsp3) is 0.200. The summed E-state index contributed by atoms with van der Waals surface area (Å²) in [6, 6.07) is 0. The summed E-state index contributed by atoms with van der Waals surface area (Å²) in [4.78, 5) is 21.2. The van der Waals surface area contributed by atoms with Gasteiger partial charge >= 0.3 is 12.1 Å². The van der Waals surface area contributed by atoms with Crippen LogP contribution >= 0.6 is 0 Å².